The highest BCUT2D eigenvalue weighted by molar-refractivity contribution is 9.10. The molecule has 0 spiro atoms. The van der Waals surface area contributed by atoms with E-state index < -0.39 is 0 Å². The Morgan fingerprint density at radius 2 is 2.11 bits per heavy atom. The van der Waals surface area contributed by atoms with Gasteiger partial charge in [0.05, 0.1) is 22.4 Å². The van der Waals surface area contributed by atoms with Crippen molar-refractivity contribution in [2.24, 2.45) is 0 Å². The van der Waals surface area contributed by atoms with Crippen molar-refractivity contribution in [2.75, 3.05) is 18.0 Å². The van der Waals surface area contributed by atoms with Gasteiger partial charge in [0.25, 0.3) is 0 Å². The number of rotatable bonds is 2. The average Bonchev–Trinajstić information content (AvgIpc) is 2.93. The van der Waals surface area contributed by atoms with Crippen LogP contribution < -0.4 is 4.90 Å². The third kappa shape index (κ3) is 2.10. The number of nitrogens with zero attached hydrogens (tertiary/aromatic N) is 4. The minimum Gasteiger partial charge on any atom is -0.344 e. The van der Waals surface area contributed by atoms with Gasteiger partial charge in [0, 0.05) is 24.2 Å². The molecule has 3 heterocycles. The van der Waals surface area contributed by atoms with Crippen LogP contribution in [0.25, 0.3) is 0 Å². The molecule has 1 saturated heterocycles. The van der Waals surface area contributed by atoms with Crippen LogP contribution in [-0.4, -0.2) is 27.9 Å². The largest absolute Gasteiger partial charge is 0.344 e. The lowest BCUT2D eigenvalue weighted by Crippen LogP contribution is -2.48. The Morgan fingerprint density at radius 3 is 2.84 bits per heavy atom. The minimum atomic E-state index is 0.493. The molecule has 2 aromatic rings. The second-order valence-electron chi connectivity index (χ2n) is 5.27. The fourth-order valence-electron chi connectivity index (χ4n) is 2.77. The number of aryl methyl sites for hydroxylation is 2. The summed E-state index contributed by atoms with van der Waals surface area (Å²) >= 11 is 5.34. The predicted octanol–water partition coefficient (Wildman–Crippen LogP) is 3.04. The maximum absolute atomic E-state index is 4.81. The molecule has 2 aromatic heterocycles. The van der Waals surface area contributed by atoms with Crippen molar-refractivity contribution < 1.29 is 0 Å². The molecular formula is C13H15BrN4S. The van der Waals surface area contributed by atoms with Gasteiger partial charge in [-0.05, 0) is 41.6 Å². The maximum Gasteiger partial charge on any atom is 0.185 e. The average molecular weight is 339 g/mol. The van der Waals surface area contributed by atoms with Gasteiger partial charge in [-0.2, -0.15) is 5.10 Å². The Labute approximate surface area is 124 Å². The Kier molecular flexibility index (Phi) is 2.88. The first-order valence-electron chi connectivity index (χ1n) is 6.73. The first-order chi connectivity index (χ1) is 9.29. The minimum absolute atomic E-state index is 0.493. The quantitative estimate of drug-likeness (QED) is 0.843. The molecule has 2 aliphatic rings. The molecule has 0 saturated carbocycles. The van der Waals surface area contributed by atoms with Crippen molar-refractivity contribution in [3.8, 4) is 0 Å². The molecule has 0 radical (unpaired) electrons. The highest BCUT2D eigenvalue weighted by Crippen LogP contribution is 2.35. The summed E-state index contributed by atoms with van der Waals surface area (Å²) in [4.78, 5) is 8.71. The van der Waals surface area contributed by atoms with Crippen LogP contribution in [0.15, 0.2) is 16.9 Å². The van der Waals surface area contributed by atoms with Crippen molar-refractivity contribution in [2.45, 2.75) is 31.7 Å². The summed E-state index contributed by atoms with van der Waals surface area (Å²) in [5.41, 5.74) is 1.36. The SMILES string of the molecule is Brc1cnn(C2CN(c3nc4c(s3)CCCC4)C2)c1. The van der Waals surface area contributed by atoms with E-state index in [9.17, 15) is 0 Å². The molecule has 4 rings (SSSR count). The van der Waals surface area contributed by atoms with Gasteiger partial charge in [-0.15, -0.1) is 11.3 Å². The zero-order valence-corrected chi connectivity index (χ0v) is 13.0. The van der Waals surface area contributed by atoms with Crippen molar-refractivity contribution in [1.82, 2.24) is 14.8 Å². The van der Waals surface area contributed by atoms with Crippen LogP contribution in [0.2, 0.25) is 0 Å². The summed E-state index contributed by atoms with van der Waals surface area (Å²) in [6.45, 7) is 2.06. The van der Waals surface area contributed by atoms with E-state index in [1.165, 1.54) is 41.4 Å². The van der Waals surface area contributed by atoms with Gasteiger partial charge < -0.3 is 4.90 Å². The predicted molar refractivity (Wildman–Crippen MR) is 79.9 cm³/mol. The topological polar surface area (TPSA) is 34.0 Å². The fraction of sp³-hybridized carbons (Fsp3) is 0.538. The van der Waals surface area contributed by atoms with E-state index >= 15 is 0 Å². The second kappa shape index (κ2) is 4.59. The van der Waals surface area contributed by atoms with Gasteiger partial charge in [0.2, 0.25) is 0 Å². The summed E-state index contributed by atoms with van der Waals surface area (Å²) in [5, 5.41) is 5.57. The Balaban J connectivity index is 1.46. The highest BCUT2D eigenvalue weighted by atomic mass is 79.9. The third-order valence-electron chi connectivity index (χ3n) is 3.91. The fourth-order valence-corrected chi connectivity index (χ4v) is 4.23. The van der Waals surface area contributed by atoms with E-state index in [1.807, 2.05) is 22.2 Å². The molecule has 0 bridgehead atoms. The first kappa shape index (κ1) is 11.9. The van der Waals surface area contributed by atoms with E-state index in [1.54, 1.807) is 0 Å². The summed E-state index contributed by atoms with van der Waals surface area (Å²) in [5.74, 6) is 0. The number of aromatic nitrogens is 3. The van der Waals surface area contributed by atoms with Crippen LogP contribution in [0.5, 0.6) is 0 Å². The molecule has 0 amide bonds. The van der Waals surface area contributed by atoms with E-state index in [4.69, 9.17) is 4.98 Å². The summed E-state index contributed by atoms with van der Waals surface area (Å²) < 4.78 is 3.10. The summed E-state index contributed by atoms with van der Waals surface area (Å²) in [6.07, 6.45) is 8.95. The molecule has 1 aliphatic heterocycles. The van der Waals surface area contributed by atoms with Crippen LogP contribution in [0, 0.1) is 0 Å². The molecule has 1 fully saturated rings. The molecule has 0 aromatic carbocycles. The lowest BCUT2D eigenvalue weighted by atomic mass is 10.0. The zero-order valence-electron chi connectivity index (χ0n) is 10.5. The first-order valence-corrected chi connectivity index (χ1v) is 8.34. The van der Waals surface area contributed by atoms with E-state index in [0.29, 0.717) is 6.04 Å². The van der Waals surface area contributed by atoms with Gasteiger partial charge in [0.1, 0.15) is 0 Å². The molecular weight excluding hydrogens is 324 g/mol. The van der Waals surface area contributed by atoms with Gasteiger partial charge in [-0.3, -0.25) is 4.68 Å². The second-order valence-corrected chi connectivity index (χ2v) is 7.25. The van der Waals surface area contributed by atoms with Crippen molar-refractivity contribution in [3.63, 3.8) is 0 Å². The number of anilines is 1. The van der Waals surface area contributed by atoms with Crippen LogP contribution in [0.3, 0.4) is 0 Å². The Bertz CT molecular complexity index is 576. The van der Waals surface area contributed by atoms with E-state index in [2.05, 4.69) is 32.1 Å². The number of hydrogen-bond acceptors (Lipinski definition) is 4. The lowest BCUT2D eigenvalue weighted by molar-refractivity contribution is 0.367. The number of hydrogen-bond donors (Lipinski definition) is 0. The monoisotopic (exact) mass is 338 g/mol. The van der Waals surface area contributed by atoms with Gasteiger partial charge in [-0.1, -0.05) is 0 Å². The molecule has 0 atom stereocenters. The van der Waals surface area contributed by atoms with E-state index in [-0.39, 0.29) is 0 Å². The normalized spacial score (nSPS) is 19.3. The van der Waals surface area contributed by atoms with Crippen LogP contribution in [-0.2, 0) is 12.8 Å². The van der Waals surface area contributed by atoms with Crippen LogP contribution >= 0.6 is 27.3 Å². The molecule has 0 N–H and O–H groups in total. The van der Waals surface area contributed by atoms with Crippen molar-refractivity contribution >= 4 is 32.4 Å². The van der Waals surface area contributed by atoms with Crippen LogP contribution in [0.4, 0.5) is 5.13 Å². The number of thiazole rings is 1. The lowest BCUT2D eigenvalue weighted by Gasteiger charge is -2.38. The smallest absolute Gasteiger partial charge is 0.185 e. The van der Waals surface area contributed by atoms with Crippen molar-refractivity contribution in [1.29, 1.82) is 0 Å². The molecule has 6 heteroatoms. The van der Waals surface area contributed by atoms with Gasteiger partial charge in [-0.25, -0.2) is 4.98 Å². The molecule has 100 valence electrons. The Hall–Kier alpha value is -0.880. The Morgan fingerprint density at radius 1 is 1.26 bits per heavy atom. The molecule has 1 aliphatic carbocycles. The highest BCUT2D eigenvalue weighted by Gasteiger charge is 2.31. The molecule has 4 nitrogen and oxygen atoms in total. The van der Waals surface area contributed by atoms with Gasteiger partial charge in [0.15, 0.2) is 5.13 Å². The van der Waals surface area contributed by atoms with Crippen molar-refractivity contribution in [3.05, 3.63) is 27.4 Å². The summed E-state index contributed by atoms with van der Waals surface area (Å²) in [6, 6.07) is 0.493. The van der Waals surface area contributed by atoms with Crippen LogP contribution in [0.1, 0.15) is 29.5 Å². The zero-order chi connectivity index (χ0) is 12.8. The van der Waals surface area contributed by atoms with Gasteiger partial charge >= 0.3 is 0 Å². The number of halogens is 1. The molecule has 19 heavy (non-hydrogen) atoms. The maximum atomic E-state index is 4.81. The molecule has 0 unspecified atom stereocenters. The third-order valence-corrected chi connectivity index (χ3v) is 5.54. The van der Waals surface area contributed by atoms with E-state index in [0.717, 1.165) is 17.6 Å². The summed E-state index contributed by atoms with van der Waals surface area (Å²) in [7, 11) is 0. The standard InChI is InChI=1S/C13H15BrN4S/c14-9-5-15-18(6-9)10-7-17(8-10)13-16-11-3-1-2-4-12(11)19-13/h5-6,10H,1-4,7-8H2. The number of fused-ring (bicyclic) bond motifs is 1.